The van der Waals surface area contributed by atoms with E-state index in [9.17, 15) is 13.6 Å². The van der Waals surface area contributed by atoms with Crippen molar-refractivity contribution >= 4 is 11.6 Å². The molecule has 0 heterocycles. The Hall–Kier alpha value is -2.23. The lowest BCUT2D eigenvalue weighted by molar-refractivity contribution is 0.102. The molecule has 0 fully saturated rings. The fourth-order valence-corrected chi connectivity index (χ4v) is 1.57. The summed E-state index contributed by atoms with van der Waals surface area (Å²) < 4.78 is 26.4. The van der Waals surface area contributed by atoms with Crippen LogP contribution in [0, 0.1) is 18.6 Å². The van der Waals surface area contributed by atoms with Gasteiger partial charge in [-0.15, -0.1) is 0 Å². The van der Waals surface area contributed by atoms with Crippen molar-refractivity contribution in [2.24, 2.45) is 0 Å². The van der Waals surface area contributed by atoms with Gasteiger partial charge in [0.15, 0.2) is 0 Å². The third kappa shape index (κ3) is 2.53. The summed E-state index contributed by atoms with van der Waals surface area (Å²) >= 11 is 0. The van der Waals surface area contributed by atoms with Crippen molar-refractivity contribution in [3.05, 3.63) is 65.2 Å². The van der Waals surface area contributed by atoms with Crippen LogP contribution in [0.1, 0.15) is 15.9 Å². The van der Waals surface area contributed by atoms with Gasteiger partial charge in [-0.25, -0.2) is 8.78 Å². The molecular weight excluding hydrogens is 236 g/mol. The Kier molecular flexibility index (Phi) is 3.37. The second-order valence-corrected chi connectivity index (χ2v) is 3.89. The average Bonchev–Trinajstić information content (AvgIpc) is 2.35. The number of hydrogen-bond acceptors (Lipinski definition) is 1. The van der Waals surface area contributed by atoms with Gasteiger partial charge in [-0.05, 0) is 36.8 Å². The van der Waals surface area contributed by atoms with Crippen LogP contribution in [-0.2, 0) is 0 Å². The first-order chi connectivity index (χ1) is 8.58. The first kappa shape index (κ1) is 12.2. The zero-order valence-electron chi connectivity index (χ0n) is 9.71. The van der Waals surface area contributed by atoms with E-state index in [-0.39, 0.29) is 5.56 Å². The van der Waals surface area contributed by atoms with Crippen LogP contribution in [-0.4, -0.2) is 5.91 Å². The Labute approximate surface area is 103 Å². The van der Waals surface area contributed by atoms with Crippen LogP contribution in [0.15, 0.2) is 42.5 Å². The topological polar surface area (TPSA) is 29.1 Å². The molecule has 2 nitrogen and oxygen atoms in total. The minimum atomic E-state index is -0.748. The van der Waals surface area contributed by atoms with E-state index in [0.29, 0.717) is 5.69 Å². The van der Waals surface area contributed by atoms with Crippen molar-refractivity contribution in [3.8, 4) is 0 Å². The minimum Gasteiger partial charge on any atom is -0.322 e. The van der Waals surface area contributed by atoms with Gasteiger partial charge in [-0.1, -0.05) is 18.2 Å². The van der Waals surface area contributed by atoms with Crippen LogP contribution in [0.4, 0.5) is 14.5 Å². The van der Waals surface area contributed by atoms with Crippen LogP contribution in [0.25, 0.3) is 0 Å². The lowest BCUT2D eigenvalue weighted by Crippen LogP contribution is -2.14. The van der Waals surface area contributed by atoms with E-state index in [1.807, 2.05) is 19.1 Å². The molecule has 0 unspecified atom stereocenters. The van der Waals surface area contributed by atoms with Gasteiger partial charge in [0, 0.05) is 5.69 Å². The molecule has 0 aromatic heterocycles. The van der Waals surface area contributed by atoms with Crippen molar-refractivity contribution in [1.82, 2.24) is 0 Å². The molecule has 18 heavy (non-hydrogen) atoms. The largest absolute Gasteiger partial charge is 0.322 e. The van der Waals surface area contributed by atoms with Crippen molar-refractivity contribution in [1.29, 1.82) is 0 Å². The summed E-state index contributed by atoms with van der Waals surface area (Å²) in [7, 11) is 0. The third-order valence-electron chi connectivity index (χ3n) is 2.57. The van der Waals surface area contributed by atoms with E-state index in [0.717, 1.165) is 23.8 Å². The molecule has 0 atom stereocenters. The van der Waals surface area contributed by atoms with E-state index in [4.69, 9.17) is 0 Å². The minimum absolute atomic E-state index is 0.307. The fraction of sp³-hybridized carbons (Fsp3) is 0.0714. The SMILES string of the molecule is Cc1ccccc1NC(=O)c1cc(F)ccc1F. The molecule has 1 N–H and O–H groups in total. The maximum atomic E-state index is 13.4. The van der Waals surface area contributed by atoms with Crippen LogP contribution >= 0.6 is 0 Å². The number of hydrogen-bond donors (Lipinski definition) is 1. The van der Waals surface area contributed by atoms with Crippen LogP contribution < -0.4 is 5.32 Å². The molecule has 0 saturated heterocycles. The first-order valence-corrected chi connectivity index (χ1v) is 5.40. The number of aryl methyl sites for hydroxylation is 1. The third-order valence-corrected chi connectivity index (χ3v) is 2.57. The lowest BCUT2D eigenvalue weighted by atomic mass is 10.1. The molecule has 0 aliphatic rings. The number of carbonyl (C=O) groups is 1. The number of nitrogens with one attached hydrogen (secondary N) is 1. The first-order valence-electron chi connectivity index (χ1n) is 5.40. The van der Waals surface area contributed by atoms with Gasteiger partial charge < -0.3 is 5.32 Å². The van der Waals surface area contributed by atoms with Crippen LogP contribution in [0.3, 0.4) is 0 Å². The highest BCUT2D eigenvalue weighted by atomic mass is 19.1. The Morgan fingerprint density at radius 2 is 1.83 bits per heavy atom. The quantitative estimate of drug-likeness (QED) is 0.864. The standard InChI is InChI=1S/C14H11F2NO/c1-9-4-2-3-5-13(9)17-14(18)11-8-10(15)6-7-12(11)16/h2-8H,1H3,(H,17,18). The number of para-hydroxylation sites is 1. The van der Waals surface area contributed by atoms with Gasteiger partial charge in [0.1, 0.15) is 11.6 Å². The molecule has 0 aliphatic carbocycles. The molecule has 4 heteroatoms. The Balaban J connectivity index is 2.28. The Morgan fingerprint density at radius 1 is 1.11 bits per heavy atom. The highest BCUT2D eigenvalue weighted by molar-refractivity contribution is 6.04. The molecule has 0 bridgehead atoms. The molecule has 2 aromatic carbocycles. The molecular formula is C14H11F2NO. The molecule has 2 aromatic rings. The van der Waals surface area contributed by atoms with Crippen molar-refractivity contribution < 1.29 is 13.6 Å². The number of benzene rings is 2. The van der Waals surface area contributed by atoms with Gasteiger partial charge in [0.25, 0.3) is 5.91 Å². The highest BCUT2D eigenvalue weighted by Crippen LogP contribution is 2.16. The molecule has 2 rings (SSSR count). The zero-order chi connectivity index (χ0) is 13.1. The number of halogens is 2. The van der Waals surface area contributed by atoms with Crippen molar-refractivity contribution in [3.63, 3.8) is 0 Å². The number of carbonyl (C=O) groups excluding carboxylic acids is 1. The molecule has 0 aliphatic heterocycles. The normalized spacial score (nSPS) is 10.2. The lowest BCUT2D eigenvalue weighted by Gasteiger charge is -2.08. The molecule has 1 amide bonds. The summed E-state index contributed by atoms with van der Waals surface area (Å²) in [6.07, 6.45) is 0. The summed E-state index contributed by atoms with van der Waals surface area (Å²) in [4.78, 5) is 11.8. The van der Waals surface area contributed by atoms with Gasteiger partial charge in [-0.3, -0.25) is 4.79 Å². The van der Waals surface area contributed by atoms with Gasteiger partial charge >= 0.3 is 0 Å². The molecule has 0 radical (unpaired) electrons. The van der Waals surface area contributed by atoms with Gasteiger partial charge in [0.2, 0.25) is 0 Å². The number of amides is 1. The zero-order valence-corrected chi connectivity index (χ0v) is 9.71. The predicted molar refractivity (Wildman–Crippen MR) is 65.5 cm³/mol. The summed E-state index contributed by atoms with van der Waals surface area (Å²) in [6, 6.07) is 9.88. The smallest absolute Gasteiger partial charge is 0.258 e. The van der Waals surface area contributed by atoms with Gasteiger partial charge in [-0.2, -0.15) is 0 Å². The summed E-state index contributed by atoms with van der Waals surface area (Å²) in [5, 5.41) is 2.55. The van der Waals surface area contributed by atoms with E-state index >= 15 is 0 Å². The second-order valence-electron chi connectivity index (χ2n) is 3.89. The Morgan fingerprint density at radius 3 is 2.56 bits per heavy atom. The van der Waals surface area contributed by atoms with Gasteiger partial charge in [0.05, 0.1) is 5.56 Å². The highest BCUT2D eigenvalue weighted by Gasteiger charge is 2.13. The van der Waals surface area contributed by atoms with Crippen molar-refractivity contribution in [2.45, 2.75) is 6.92 Å². The van der Waals surface area contributed by atoms with Crippen LogP contribution in [0.5, 0.6) is 0 Å². The van der Waals surface area contributed by atoms with Crippen LogP contribution in [0.2, 0.25) is 0 Å². The average molecular weight is 247 g/mol. The fourth-order valence-electron chi connectivity index (χ4n) is 1.57. The molecule has 0 spiro atoms. The van der Waals surface area contributed by atoms with Crippen molar-refractivity contribution in [2.75, 3.05) is 5.32 Å². The number of rotatable bonds is 2. The van der Waals surface area contributed by atoms with E-state index in [1.54, 1.807) is 12.1 Å². The molecule has 92 valence electrons. The monoisotopic (exact) mass is 247 g/mol. The van der Waals surface area contributed by atoms with E-state index in [2.05, 4.69) is 5.32 Å². The summed E-state index contributed by atoms with van der Waals surface area (Å²) in [6.45, 7) is 1.82. The van der Waals surface area contributed by atoms with E-state index < -0.39 is 17.5 Å². The second kappa shape index (κ2) is 4.96. The summed E-state index contributed by atoms with van der Waals surface area (Å²) in [5.41, 5.74) is 1.12. The maximum absolute atomic E-state index is 13.4. The predicted octanol–water partition coefficient (Wildman–Crippen LogP) is 3.53. The number of anilines is 1. The summed E-state index contributed by atoms with van der Waals surface area (Å²) in [5.74, 6) is -2.06. The maximum Gasteiger partial charge on any atom is 0.258 e. The molecule has 0 saturated carbocycles. The Bertz CT molecular complexity index is 596. The van der Waals surface area contributed by atoms with E-state index in [1.165, 1.54) is 0 Å².